The number of nitrogens with zero attached hydrogens (tertiary/aromatic N) is 3. The number of benzene rings is 1. The van der Waals surface area contributed by atoms with E-state index in [1.165, 1.54) is 0 Å². The predicted octanol–water partition coefficient (Wildman–Crippen LogP) is -0.809. The Labute approximate surface area is 223 Å². The summed E-state index contributed by atoms with van der Waals surface area (Å²) in [4.78, 5) is 31.1. The summed E-state index contributed by atoms with van der Waals surface area (Å²) in [5.41, 5.74) is 2.37. The molecule has 0 spiro atoms. The average Bonchev–Trinajstić information content (AvgIpc) is 3.29. The third-order valence-corrected chi connectivity index (χ3v) is 7.59. The number of pyridine rings is 3. The molecule has 0 fully saturated rings. The number of rotatable bonds is 3. The van der Waals surface area contributed by atoms with Gasteiger partial charge in [-0.05, 0) is 18.6 Å². The molecule has 0 amide bonds. The van der Waals surface area contributed by atoms with E-state index < -0.39 is 11.6 Å². The standard InChI is InChI=1S/C28H24N3O6.ClH/c1-2-28(34)20-11-22-25-18(14-31(22)26(32)19(20)15-37-27(28)33)17(13-30-6-4-3-5-7-30)16-10-23-24(12-21(16)29-25)36-9-8-35-23;/h3-7,10-12,34H,2,8-9,13-15H2,1H3;1H/q+1;/p-1/t28-;/m0./s1. The molecule has 1 N–H and O–H groups in total. The number of carbonyl (C=O) groups excluding carboxylic acids is 1. The monoisotopic (exact) mass is 533 g/mol. The fourth-order valence-electron chi connectivity index (χ4n) is 5.60. The normalized spacial score (nSPS) is 18.7. The SMILES string of the molecule is CC[C@@]1(O)C(=O)OCc2c1cc1n(c2=O)Cc2c-1nc1cc3c(cc1c2C[n+]1ccccc1)OCCO3.[Cl-]. The van der Waals surface area contributed by atoms with E-state index in [1.54, 1.807) is 17.6 Å². The van der Waals surface area contributed by atoms with Gasteiger partial charge in [-0.25, -0.2) is 14.3 Å². The van der Waals surface area contributed by atoms with Crippen LogP contribution in [0.1, 0.15) is 35.6 Å². The molecule has 0 saturated carbocycles. The molecule has 1 atom stereocenters. The summed E-state index contributed by atoms with van der Waals surface area (Å²) in [7, 11) is 0. The summed E-state index contributed by atoms with van der Waals surface area (Å²) in [6, 6.07) is 11.5. The van der Waals surface area contributed by atoms with Crippen LogP contribution in [0.2, 0.25) is 0 Å². The van der Waals surface area contributed by atoms with Gasteiger partial charge in [0, 0.05) is 40.3 Å². The van der Waals surface area contributed by atoms with Gasteiger partial charge in [0.1, 0.15) is 19.8 Å². The van der Waals surface area contributed by atoms with E-state index in [0.717, 1.165) is 22.0 Å². The van der Waals surface area contributed by atoms with Crippen LogP contribution >= 0.6 is 0 Å². The Morgan fingerprint density at radius 1 is 1.03 bits per heavy atom. The summed E-state index contributed by atoms with van der Waals surface area (Å²) in [5.74, 6) is 0.571. The zero-order valence-electron chi connectivity index (χ0n) is 20.6. The van der Waals surface area contributed by atoms with Gasteiger partial charge >= 0.3 is 5.97 Å². The zero-order valence-corrected chi connectivity index (χ0v) is 21.3. The van der Waals surface area contributed by atoms with Crippen LogP contribution in [0.15, 0.2) is 53.6 Å². The molecule has 3 aromatic heterocycles. The highest BCUT2D eigenvalue weighted by Gasteiger charge is 2.45. The molecule has 0 saturated heterocycles. The maximum absolute atomic E-state index is 13.6. The smallest absolute Gasteiger partial charge is 0.343 e. The van der Waals surface area contributed by atoms with Crippen molar-refractivity contribution in [1.29, 1.82) is 0 Å². The van der Waals surface area contributed by atoms with Crippen molar-refractivity contribution in [1.82, 2.24) is 9.55 Å². The maximum atomic E-state index is 13.6. The highest BCUT2D eigenvalue weighted by molar-refractivity contribution is 5.91. The summed E-state index contributed by atoms with van der Waals surface area (Å²) >= 11 is 0. The molecule has 6 heterocycles. The van der Waals surface area contributed by atoms with Crippen molar-refractivity contribution in [2.75, 3.05) is 13.2 Å². The van der Waals surface area contributed by atoms with Gasteiger partial charge in [0.05, 0.1) is 29.0 Å². The van der Waals surface area contributed by atoms with Crippen LogP contribution in [0.3, 0.4) is 0 Å². The molecule has 194 valence electrons. The Morgan fingerprint density at radius 2 is 1.76 bits per heavy atom. The Balaban J connectivity index is 0.00000264. The van der Waals surface area contributed by atoms with Gasteiger partial charge in [-0.15, -0.1) is 0 Å². The lowest BCUT2D eigenvalue weighted by molar-refractivity contribution is -0.688. The second kappa shape index (κ2) is 8.82. The molecule has 10 heteroatoms. The molecule has 0 radical (unpaired) electrons. The van der Waals surface area contributed by atoms with Crippen molar-refractivity contribution in [3.63, 3.8) is 0 Å². The molecule has 3 aliphatic heterocycles. The summed E-state index contributed by atoms with van der Waals surface area (Å²) in [6.45, 7) is 3.37. The van der Waals surface area contributed by atoms with Crippen molar-refractivity contribution in [2.45, 2.75) is 38.6 Å². The van der Waals surface area contributed by atoms with Crippen LogP contribution in [-0.4, -0.2) is 33.8 Å². The van der Waals surface area contributed by atoms with Crippen LogP contribution in [0, 0.1) is 0 Å². The molecule has 0 aliphatic carbocycles. The van der Waals surface area contributed by atoms with Gasteiger partial charge in [0.25, 0.3) is 5.56 Å². The highest BCUT2D eigenvalue weighted by atomic mass is 35.5. The van der Waals surface area contributed by atoms with Crippen molar-refractivity contribution in [3.8, 4) is 22.9 Å². The summed E-state index contributed by atoms with van der Waals surface area (Å²) in [6.07, 6.45) is 4.08. The Bertz CT molecular complexity index is 1690. The lowest BCUT2D eigenvalue weighted by atomic mass is 9.86. The van der Waals surface area contributed by atoms with E-state index >= 15 is 0 Å². The maximum Gasteiger partial charge on any atom is 0.343 e. The molecule has 0 bridgehead atoms. The first-order valence-electron chi connectivity index (χ1n) is 12.3. The number of aliphatic hydroxyl groups is 1. The molecular weight excluding hydrogens is 510 g/mol. The number of hydrogen-bond donors (Lipinski definition) is 1. The van der Waals surface area contributed by atoms with E-state index in [4.69, 9.17) is 19.2 Å². The van der Waals surface area contributed by atoms with Crippen LogP contribution in [0.4, 0.5) is 0 Å². The number of fused-ring (bicyclic) bond motifs is 6. The number of esters is 1. The summed E-state index contributed by atoms with van der Waals surface area (Å²) < 4.78 is 20.6. The third-order valence-electron chi connectivity index (χ3n) is 7.59. The lowest BCUT2D eigenvalue weighted by Gasteiger charge is -2.31. The minimum atomic E-state index is -1.87. The van der Waals surface area contributed by atoms with Crippen LogP contribution in [0.25, 0.3) is 22.3 Å². The van der Waals surface area contributed by atoms with Gasteiger partial charge in [0.2, 0.25) is 0 Å². The molecule has 1 aromatic carbocycles. The molecule has 7 rings (SSSR count). The van der Waals surface area contributed by atoms with Crippen molar-refractivity contribution in [3.05, 3.63) is 81.4 Å². The number of aromatic nitrogens is 3. The van der Waals surface area contributed by atoms with Crippen molar-refractivity contribution < 1.29 is 41.1 Å². The minimum absolute atomic E-state index is 0. The van der Waals surface area contributed by atoms with Gasteiger partial charge in [-0.3, -0.25) is 4.79 Å². The summed E-state index contributed by atoms with van der Waals surface area (Å²) in [5, 5.41) is 12.1. The van der Waals surface area contributed by atoms with Gasteiger partial charge in [-0.1, -0.05) is 13.0 Å². The van der Waals surface area contributed by atoms with Gasteiger partial charge < -0.3 is 36.3 Å². The minimum Gasteiger partial charge on any atom is -1.00 e. The second-order valence-corrected chi connectivity index (χ2v) is 9.58. The number of halogens is 1. The predicted molar refractivity (Wildman–Crippen MR) is 131 cm³/mol. The Hall–Kier alpha value is -3.95. The molecule has 3 aliphatic rings. The number of ether oxygens (including phenoxy) is 3. The van der Waals surface area contributed by atoms with E-state index in [9.17, 15) is 14.7 Å². The molecule has 4 aromatic rings. The molecule has 0 unspecified atom stereocenters. The molecular formula is C28H24ClN3O6. The first-order valence-corrected chi connectivity index (χ1v) is 12.3. The Morgan fingerprint density at radius 3 is 2.50 bits per heavy atom. The van der Waals surface area contributed by atoms with E-state index in [2.05, 4.69) is 4.57 Å². The molecule has 9 nitrogen and oxygen atoms in total. The first kappa shape index (κ1) is 24.4. The van der Waals surface area contributed by atoms with E-state index in [-0.39, 0.29) is 31.0 Å². The first-order chi connectivity index (χ1) is 18.0. The van der Waals surface area contributed by atoms with Crippen LogP contribution in [0.5, 0.6) is 11.5 Å². The van der Waals surface area contributed by atoms with Crippen LogP contribution < -0.4 is 32.0 Å². The fraction of sp³-hybridized carbons (Fsp3) is 0.286. The zero-order chi connectivity index (χ0) is 25.3. The average molecular weight is 534 g/mol. The van der Waals surface area contributed by atoms with Gasteiger partial charge in [0.15, 0.2) is 36.0 Å². The quantitative estimate of drug-likeness (QED) is 0.239. The van der Waals surface area contributed by atoms with Crippen molar-refractivity contribution in [2.24, 2.45) is 0 Å². The topological polar surface area (TPSA) is 104 Å². The third kappa shape index (κ3) is 3.42. The number of hydrogen-bond acceptors (Lipinski definition) is 7. The van der Waals surface area contributed by atoms with E-state index in [0.29, 0.717) is 60.3 Å². The fourth-order valence-corrected chi connectivity index (χ4v) is 5.60. The lowest BCUT2D eigenvalue weighted by Crippen LogP contribution is -3.00. The van der Waals surface area contributed by atoms with Crippen LogP contribution in [-0.2, 0) is 34.8 Å². The number of cyclic esters (lactones) is 1. The second-order valence-electron chi connectivity index (χ2n) is 9.58. The Kier molecular flexibility index (Phi) is 5.66. The van der Waals surface area contributed by atoms with Crippen molar-refractivity contribution >= 4 is 16.9 Å². The van der Waals surface area contributed by atoms with E-state index in [1.807, 2.05) is 42.7 Å². The van der Waals surface area contributed by atoms with Gasteiger partial charge in [-0.2, -0.15) is 0 Å². The molecule has 38 heavy (non-hydrogen) atoms. The largest absolute Gasteiger partial charge is 1.00 e. The number of carbonyl (C=O) groups is 1. The highest BCUT2D eigenvalue weighted by Crippen LogP contribution is 2.42.